The summed E-state index contributed by atoms with van der Waals surface area (Å²) in [5.74, 6) is -0.494. The van der Waals surface area contributed by atoms with Gasteiger partial charge in [0.1, 0.15) is 23.8 Å². The lowest BCUT2D eigenvalue weighted by Gasteiger charge is -2.34. The number of allylic oxidation sites excluding steroid dienone is 3. The molecule has 4 rings (SSSR count). The Kier molecular flexibility index (Phi) is 8.40. The van der Waals surface area contributed by atoms with E-state index in [4.69, 9.17) is 19.6 Å². The molecule has 9 heteroatoms. The average Bonchev–Trinajstić information content (AvgIpc) is 3.27. The van der Waals surface area contributed by atoms with Gasteiger partial charge in [-0.15, -0.1) is 0 Å². The maximum Gasteiger partial charge on any atom is 0.342 e. The van der Waals surface area contributed by atoms with E-state index in [2.05, 4.69) is 46.6 Å². The van der Waals surface area contributed by atoms with Crippen molar-refractivity contribution in [2.75, 3.05) is 25.6 Å². The van der Waals surface area contributed by atoms with E-state index in [-0.39, 0.29) is 11.5 Å². The number of nitrogens with zero attached hydrogens (tertiary/aromatic N) is 2. The molecule has 0 atom stereocenters. The van der Waals surface area contributed by atoms with Crippen LogP contribution in [0.1, 0.15) is 29.3 Å². The van der Waals surface area contributed by atoms with E-state index in [9.17, 15) is 9.90 Å². The molecular formula is C29H32N4O5. The third kappa shape index (κ3) is 5.85. The molecule has 3 N–H and O–H groups in total. The van der Waals surface area contributed by atoms with E-state index in [0.29, 0.717) is 47.3 Å². The van der Waals surface area contributed by atoms with E-state index in [1.807, 2.05) is 6.92 Å². The quantitative estimate of drug-likeness (QED) is 0.164. The zero-order chi connectivity index (χ0) is 27.2. The second-order valence-electron chi connectivity index (χ2n) is 9.14. The van der Waals surface area contributed by atoms with Crippen LogP contribution in [0.25, 0.3) is 5.57 Å². The predicted octanol–water partition coefficient (Wildman–Crippen LogP) is 4.49. The summed E-state index contributed by atoms with van der Waals surface area (Å²) >= 11 is 0. The minimum Gasteiger partial charge on any atom is -0.488 e. The number of rotatable bonds is 12. The van der Waals surface area contributed by atoms with E-state index in [0.717, 1.165) is 31.9 Å². The topological polar surface area (TPSA) is 117 Å². The van der Waals surface area contributed by atoms with E-state index in [1.165, 1.54) is 18.2 Å². The maximum atomic E-state index is 11.4. The van der Waals surface area contributed by atoms with Crippen LogP contribution < -0.4 is 5.32 Å². The summed E-state index contributed by atoms with van der Waals surface area (Å²) in [5.41, 5.74) is 5.30. The van der Waals surface area contributed by atoms with Crippen LogP contribution >= 0.6 is 0 Å². The molecule has 3 heterocycles. The number of ether oxygens (including phenoxy) is 3. The first-order valence-electron chi connectivity index (χ1n) is 12.2. The van der Waals surface area contributed by atoms with Gasteiger partial charge in [-0.3, -0.25) is 4.90 Å². The second-order valence-corrected chi connectivity index (χ2v) is 9.14. The summed E-state index contributed by atoms with van der Waals surface area (Å²) in [7, 11) is 1.32. The van der Waals surface area contributed by atoms with Gasteiger partial charge in [0.2, 0.25) is 5.88 Å². The van der Waals surface area contributed by atoms with Gasteiger partial charge in [-0.2, -0.15) is 0 Å². The summed E-state index contributed by atoms with van der Waals surface area (Å²) < 4.78 is 16.8. The van der Waals surface area contributed by atoms with Crippen LogP contribution in [0, 0.1) is 5.41 Å². The Labute approximate surface area is 222 Å². The van der Waals surface area contributed by atoms with Crippen molar-refractivity contribution in [2.24, 2.45) is 0 Å². The Bertz CT molecular complexity index is 1330. The van der Waals surface area contributed by atoms with Crippen LogP contribution in [0.15, 0.2) is 78.4 Å². The molecule has 9 nitrogen and oxygen atoms in total. The zero-order valence-electron chi connectivity index (χ0n) is 21.6. The van der Waals surface area contributed by atoms with Crippen molar-refractivity contribution in [3.8, 4) is 0 Å². The number of carbonyl (C=O) groups is 1. The Morgan fingerprint density at radius 3 is 2.66 bits per heavy atom. The third-order valence-corrected chi connectivity index (χ3v) is 6.46. The second kappa shape index (κ2) is 11.9. The van der Waals surface area contributed by atoms with Crippen LogP contribution in [-0.4, -0.2) is 53.5 Å². The molecule has 0 aliphatic carbocycles. The molecule has 0 amide bonds. The fourth-order valence-electron chi connectivity index (χ4n) is 4.38. The molecule has 0 radical (unpaired) electrons. The first-order chi connectivity index (χ1) is 18.3. The van der Waals surface area contributed by atoms with Gasteiger partial charge in [-0.25, -0.2) is 9.78 Å². The van der Waals surface area contributed by atoms with Crippen LogP contribution in [0.5, 0.6) is 0 Å². The van der Waals surface area contributed by atoms with Crippen molar-refractivity contribution < 1.29 is 24.1 Å². The summed E-state index contributed by atoms with van der Waals surface area (Å²) in [5, 5.41) is 19.5. The number of fused-ring (bicyclic) bond motifs is 1. The molecule has 0 spiro atoms. The largest absolute Gasteiger partial charge is 0.488 e. The van der Waals surface area contributed by atoms with Crippen molar-refractivity contribution in [2.45, 2.75) is 32.7 Å². The normalized spacial score (nSPS) is 16.4. The Morgan fingerprint density at radius 2 is 2.05 bits per heavy atom. The van der Waals surface area contributed by atoms with E-state index in [1.54, 1.807) is 24.3 Å². The molecule has 0 saturated carbocycles. The highest BCUT2D eigenvalue weighted by Crippen LogP contribution is 2.30. The Morgan fingerprint density at radius 1 is 1.29 bits per heavy atom. The van der Waals surface area contributed by atoms with E-state index < -0.39 is 5.97 Å². The first-order valence-corrected chi connectivity index (χ1v) is 12.2. The van der Waals surface area contributed by atoms with Crippen molar-refractivity contribution in [3.05, 3.63) is 101 Å². The SMILES string of the molecule is C=C/C(=C(/OCc1ccc2c(c1)CN(C1COC1)C2)C(=C)C)c1cccc(N/C(OC)=C(\C=N)C(=O)O)n1. The van der Waals surface area contributed by atoms with E-state index >= 15 is 0 Å². The van der Waals surface area contributed by atoms with Gasteiger partial charge < -0.3 is 30.0 Å². The van der Waals surface area contributed by atoms with Crippen molar-refractivity contribution in [3.63, 3.8) is 0 Å². The van der Waals surface area contributed by atoms with Gasteiger partial charge >= 0.3 is 5.97 Å². The average molecular weight is 517 g/mol. The summed E-state index contributed by atoms with van der Waals surface area (Å²) in [4.78, 5) is 18.5. The van der Waals surface area contributed by atoms with Crippen LogP contribution in [0.2, 0.25) is 0 Å². The summed E-state index contributed by atoms with van der Waals surface area (Å²) in [6.07, 6.45) is 2.36. The lowest BCUT2D eigenvalue weighted by Crippen LogP contribution is -2.46. The predicted molar refractivity (Wildman–Crippen MR) is 145 cm³/mol. The van der Waals surface area contributed by atoms with Crippen LogP contribution in [0.4, 0.5) is 5.82 Å². The van der Waals surface area contributed by atoms with Gasteiger partial charge in [-0.05, 0) is 41.3 Å². The minimum absolute atomic E-state index is 0.0994. The number of pyridine rings is 1. The van der Waals surface area contributed by atoms with Crippen LogP contribution in [-0.2, 0) is 38.7 Å². The van der Waals surface area contributed by atoms with Gasteiger partial charge in [0.05, 0.1) is 32.1 Å². The number of carboxylic acid groups (broad SMARTS) is 1. The molecule has 0 bridgehead atoms. The number of nitrogens with one attached hydrogen (secondary N) is 2. The lowest BCUT2D eigenvalue weighted by atomic mass is 10.1. The van der Waals surface area contributed by atoms with Crippen molar-refractivity contribution in [1.29, 1.82) is 5.41 Å². The smallest absolute Gasteiger partial charge is 0.342 e. The highest BCUT2D eigenvalue weighted by molar-refractivity contribution is 6.08. The molecule has 2 aliphatic rings. The summed E-state index contributed by atoms with van der Waals surface area (Å²) in [6.45, 7) is 13.7. The Balaban J connectivity index is 1.55. The number of anilines is 1. The van der Waals surface area contributed by atoms with Gasteiger partial charge in [0.25, 0.3) is 0 Å². The molecule has 1 saturated heterocycles. The zero-order valence-corrected chi connectivity index (χ0v) is 21.6. The highest BCUT2D eigenvalue weighted by atomic mass is 16.5. The molecule has 1 aromatic heterocycles. The number of hydrogen-bond donors (Lipinski definition) is 3. The Hall–Kier alpha value is -4.21. The number of hydrogen-bond acceptors (Lipinski definition) is 8. The van der Waals surface area contributed by atoms with Gasteiger partial charge in [0.15, 0.2) is 0 Å². The van der Waals surface area contributed by atoms with Gasteiger partial charge in [-0.1, -0.05) is 43.5 Å². The highest BCUT2D eigenvalue weighted by Gasteiger charge is 2.30. The minimum atomic E-state index is -1.29. The van der Waals surface area contributed by atoms with Crippen LogP contribution in [0.3, 0.4) is 0 Å². The molecule has 1 aromatic carbocycles. The standard InChI is InChI=1S/C29H32N4O5/c1-5-23(25-7-6-8-26(31-25)32-28(36-4)24(12-30)29(34)35)27(18(2)3)38-15-19-9-10-20-13-33(14-21(20)11-19)22-16-37-17-22/h5-12,22,30H,1-2,13-17H2,3-4H3,(H,31,32)(H,34,35)/b27-23-,28-24-,30-12?. The molecular weight excluding hydrogens is 484 g/mol. The number of carboxylic acids is 1. The fourth-order valence-corrected chi connectivity index (χ4v) is 4.38. The third-order valence-electron chi connectivity index (χ3n) is 6.46. The summed E-state index contributed by atoms with van der Waals surface area (Å²) in [6, 6.07) is 12.2. The maximum absolute atomic E-state index is 11.4. The number of methoxy groups -OCH3 is 1. The molecule has 2 aromatic rings. The van der Waals surface area contributed by atoms with Gasteiger partial charge in [0, 0.05) is 24.9 Å². The van der Waals surface area contributed by atoms with Crippen molar-refractivity contribution in [1.82, 2.24) is 9.88 Å². The molecule has 0 unspecified atom stereocenters. The lowest BCUT2D eigenvalue weighted by molar-refractivity contribution is -0.132. The monoisotopic (exact) mass is 516 g/mol. The molecule has 1 fully saturated rings. The number of benzene rings is 1. The molecule has 38 heavy (non-hydrogen) atoms. The fraction of sp³-hybridized carbons (Fsp3) is 0.276. The molecule has 2 aliphatic heterocycles. The van der Waals surface area contributed by atoms with Crippen molar-refractivity contribution >= 4 is 23.6 Å². The number of aliphatic carboxylic acids is 1. The molecule has 198 valence electrons. The number of aromatic nitrogens is 1. The first kappa shape index (κ1) is 26.8.